The second-order valence-corrected chi connectivity index (χ2v) is 11.1. The average Bonchev–Trinajstić information content (AvgIpc) is 3.23. The van der Waals surface area contributed by atoms with E-state index in [2.05, 4.69) is 4.90 Å². The molecule has 2 heterocycles. The lowest BCUT2D eigenvalue weighted by Gasteiger charge is -2.16. The molecule has 7 heteroatoms. The van der Waals surface area contributed by atoms with Crippen molar-refractivity contribution >= 4 is 27.2 Å². The predicted octanol–water partition coefficient (Wildman–Crippen LogP) is 6.82. The van der Waals surface area contributed by atoms with Crippen LogP contribution in [0, 0.1) is 19.7 Å². The van der Waals surface area contributed by atoms with Gasteiger partial charge in [0.15, 0.2) is 0 Å². The molecule has 1 aliphatic heterocycles. The van der Waals surface area contributed by atoms with E-state index in [1.807, 2.05) is 30.3 Å². The number of benzene rings is 3. The molecule has 6 rings (SSSR count). The summed E-state index contributed by atoms with van der Waals surface area (Å²) in [5, 5.41) is 10.9. The molecule has 2 fully saturated rings. The second kappa shape index (κ2) is 9.23. The number of carbonyl (C=O) groups excluding carboxylic acids is 1. The van der Waals surface area contributed by atoms with E-state index >= 15 is 0 Å². The number of hydrogen-bond donors (Lipinski definition) is 1. The van der Waals surface area contributed by atoms with Gasteiger partial charge in [-0.25, -0.2) is 8.78 Å². The molecule has 37 heavy (non-hydrogen) atoms. The highest BCUT2D eigenvalue weighted by atomic mass is 32.1. The van der Waals surface area contributed by atoms with Gasteiger partial charge in [0.2, 0.25) is 5.78 Å². The summed E-state index contributed by atoms with van der Waals surface area (Å²) in [6.45, 7) is 5.08. The molecule has 2 unspecified atom stereocenters. The summed E-state index contributed by atoms with van der Waals surface area (Å²) in [7, 11) is 0. The molecule has 0 radical (unpaired) electrons. The minimum Gasteiger partial charge on any atom is -0.508 e. The first-order valence-electron chi connectivity index (χ1n) is 12.5. The summed E-state index contributed by atoms with van der Waals surface area (Å²) in [4.78, 5) is 16.5. The van der Waals surface area contributed by atoms with Crippen LogP contribution in [-0.2, 0) is 0 Å². The van der Waals surface area contributed by atoms with E-state index in [1.165, 1.54) is 23.5 Å². The molecule has 3 atom stereocenters. The first-order chi connectivity index (χ1) is 17.8. The van der Waals surface area contributed by atoms with Crippen LogP contribution in [-0.4, -0.2) is 47.2 Å². The van der Waals surface area contributed by atoms with Crippen molar-refractivity contribution in [1.82, 2.24) is 4.90 Å². The monoisotopic (exact) mass is 519 g/mol. The number of ketones is 1. The zero-order chi connectivity index (χ0) is 25.8. The highest BCUT2D eigenvalue weighted by Crippen LogP contribution is 2.42. The number of likely N-dealkylation sites (tertiary alicyclic amines) is 1. The van der Waals surface area contributed by atoms with Gasteiger partial charge in [0.05, 0.1) is 4.88 Å². The Morgan fingerprint density at radius 1 is 1.08 bits per heavy atom. The fourth-order valence-electron chi connectivity index (χ4n) is 5.49. The van der Waals surface area contributed by atoms with Crippen LogP contribution < -0.4 is 4.74 Å². The van der Waals surface area contributed by atoms with Gasteiger partial charge < -0.3 is 9.84 Å². The number of rotatable bonds is 6. The minimum atomic E-state index is -0.695. The zero-order valence-corrected chi connectivity index (χ0v) is 21.4. The average molecular weight is 520 g/mol. The third kappa shape index (κ3) is 4.51. The Hall–Kier alpha value is -3.29. The van der Waals surface area contributed by atoms with Crippen LogP contribution in [0.3, 0.4) is 0 Å². The van der Waals surface area contributed by atoms with Crippen molar-refractivity contribution < 1.29 is 23.4 Å². The number of ether oxygens (including phenoxy) is 1. The summed E-state index contributed by atoms with van der Waals surface area (Å²) in [5.74, 6) is 0.338. The van der Waals surface area contributed by atoms with Gasteiger partial charge >= 0.3 is 0 Å². The molecule has 1 saturated heterocycles. The number of nitrogens with zero attached hydrogens (tertiary/aromatic N) is 1. The molecule has 190 valence electrons. The normalized spacial score (nSPS) is 21.5. The number of halogens is 2. The number of aromatic hydroxyl groups is 1. The van der Waals surface area contributed by atoms with Gasteiger partial charge in [-0.3, -0.25) is 9.69 Å². The first kappa shape index (κ1) is 24.1. The third-order valence-corrected chi connectivity index (χ3v) is 8.53. The Morgan fingerprint density at radius 3 is 2.46 bits per heavy atom. The Bertz CT molecular complexity index is 1490. The fraction of sp³-hybridized carbons (Fsp3) is 0.300. The number of aryl methyl sites for hydroxylation is 2. The number of phenolic OH excluding ortho intramolecular Hbond substituents is 1. The Balaban J connectivity index is 1.33. The predicted molar refractivity (Wildman–Crippen MR) is 142 cm³/mol. The van der Waals surface area contributed by atoms with Gasteiger partial charge in [0.1, 0.15) is 29.6 Å². The van der Waals surface area contributed by atoms with Crippen molar-refractivity contribution in [3.05, 3.63) is 82.0 Å². The molecule has 2 aliphatic rings. The number of alkyl halides is 1. The third-order valence-electron chi connectivity index (χ3n) is 7.38. The molecule has 0 bridgehead atoms. The molecule has 1 N–H and O–H groups in total. The maximum absolute atomic E-state index is 13.9. The number of fused-ring (bicyclic) bond motifs is 1. The summed E-state index contributed by atoms with van der Waals surface area (Å²) < 4.78 is 34.3. The van der Waals surface area contributed by atoms with Crippen molar-refractivity contribution in [2.24, 2.45) is 0 Å². The maximum atomic E-state index is 13.9. The molecular formula is C30H27F2NO3S. The summed E-state index contributed by atoms with van der Waals surface area (Å²) in [6.07, 6.45) is 0.842. The van der Waals surface area contributed by atoms with Crippen LogP contribution in [0.25, 0.3) is 21.2 Å². The van der Waals surface area contributed by atoms with E-state index < -0.39 is 6.17 Å². The van der Waals surface area contributed by atoms with Gasteiger partial charge in [0.25, 0.3) is 0 Å². The molecule has 1 aromatic heterocycles. The van der Waals surface area contributed by atoms with E-state index in [4.69, 9.17) is 4.74 Å². The van der Waals surface area contributed by atoms with Crippen molar-refractivity contribution in [3.8, 4) is 22.6 Å². The summed E-state index contributed by atoms with van der Waals surface area (Å²) >= 11 is 1.33. The van der Waals surface area contributed by atoms with Crippen LogP contribution >= 0.6 is 11.3 Å². The zero-order valence-electron chi connectivity index (χ0n) is 20.6. The summed E-state index contributed by atoms with van der Waals surface area (Å²) in [5.41, 5.74) is 3.32. The number of hydrogen-bond acceptors (Lipinski definition) is 5. The van der Waals surface area contributed by atoms with Gasteiger partial charge in [-0.15, -0.1) is 11.3 Å². The topological polar surface area (TPSA) is 49.8 Å². The molecular weight excluding hydrogens is 492 g/mol. The van der Waals surface area contributed by atoms with Crippen LogP contribution in [0.2, 0.25) is 0 Å². The molecule has 1 saturated carbocycles. The standard InChI is InChI=1S/C30H27F2NO3S/c1-16-11-19(31)12-17(2)27(16)29(35)30-28(23-8-5-20(34)13-26(23)37-30)18-3-6-21(7-4-18)36-22-9-10-33(15-22)25-14-24(25)32/h3-8,11-13,22,24-25,34H,9-10,14-15H2,1-2H3/t22-,24?,25?/m0/s1. The van der Waals surface area contributed by atoms with Gasteiger partial charge in [0, 0.05) is 40.3 Å². The van der Waals surface area contributed by atoms with E-state index in [9.17, 15) is 18.7 Å². The van der Waals surface area contributed by atoms with Crippen LogP contribution in [0.4, 0.5) is 8.78 Å². The molecule has 0 amide bonds. The van der Waals surface area contributed by atoms with Crippen LogP contribution in [0.5, 0.6) is 11.5 Å². The maximum Gasteiger partial charge on any atom is 0.204 e. The quantitative estimate of drug-likeness (QED) is 0.284. The van der Waals surface area contributed by atoms with Gasteiger partial charge in [-0.1, -0.05) is 12.1 Å². The Morgan fingerprint density at radius 2 is 1.78 bits per heavy atom. The summed E-state index contributed by atoms with van der Waals surface area (Å²) in [6, 6.07) is 15.6. The first-order valence-corrected chi connectivity index (χ1v) is 13.3. The fourth-order valence-corrected chi connectivity index (χ4v) is 6.69. The lowest BCUT2D eigenvalue weighted by atomic mass is 9.94. The number of thiophene rings is 1. The lowest BCUT2D eigenvalue weighted by molar-refractivity contribution is 0.104. The minimum absolute atomic E-state index is 0.0326. The molecule has 4 nitrogen and oxygen atoms in total. The largest absolute Gasteiger partial charge is 0.508 e. The van der Waals surface area contributed by atoms with E-state index in [-0.39, 0.29) is 29.5 Å². The Kier molecular flexibility index (Phi) is 6.00. The lowest BCUT2D eigenvalue weighted by Crippen LogP contribution is -2.28. The van der Waals surface area contributed by atoms with Crippen molar-refractivity contribution in [2.45, 2.75) is 45.0 Å². The van der Waals surface area contributed by atoms with Crippen molar-refractivity contribution in [2.75, 3.05) is 13.1 Å². The Labute approximate surface area is 218 Å². The van der Waals surface area contributed by atoms with Crippen LogP contribution in [0.1, 0.15) is 39.2 Å². The number of carbonyl (C=O) groups is 1. The van der Waals surface area contributed by atoms with E-state index in [0.29, 0.717) is 28.0 Å². The van der Waals surface area contributed by atoms with Gasteiger partial charge in [-0.2, -0.15) is 0 Å². The molecule has 1 aliphatic carbocycles. The molecule has 4 aromatic rings. The van der Waals surface area contributed by atoms with Crippen molar-refractivity contribution in [3.63, 3.8) is 0 Å². The molecule has 3 aromatic carbocycles. The smallest absolute Gasteiger partial charge is 0.204 e. The second-order valence-electron chi connectivity index (χ2n) is 10.1. The van der Waals surface area contributed by atoms with E-state index in [1.54, 1.807) is 26.0 Å². The molecule has 0 spiro atoms. The SMILES string of the molecule is Cc1cc(F)cc(C)c1C(=O)c1sc2cc(O)ccc2c1-c1ccc(O[C@H]2CCN(C3CC3F)C2)cc1. The van der Waals surface area contributed by atoms with Gasteiger partial charge in [-0.05, 0) is 85.8 Å². The van der Waals surface area contributed by atoms with Crippen LogP contribution in [0.15, 0.2) is 54.6 Å². The number of phenols is 1. The van der Waals surface area contributed by atoms with Crippen molar-refractivity contribution in [1.29, 1.82) is 0 Å². The highest BCUT2D eigenvalue weighted by Gasteiger charge is 2.45. The highest BCUT2D eigenvalue weighted by molar-refractivity contribution is 7.21. The van der Waals surface area contributed by atoms with E-state index in [0.717, 1.165) is 46.5 Å².